The molecular weight excluding hydrogens is 392 g/mol. The van der Waals surface area contributed by atoms with E-state index in [0.29, 0.717) is 18.8 Å². The highest BCUT2D eigenvalue weighted by Gasteiger charge is 2.27. The monoisotopic (exact) mass is 418 g/mol. The highest BCUT2D eigenvalue weighted by Crippen LogP contribution is 2.15. The Morgan fingerprint density at radius 1 is 0.742 bits per heavy atom. The summed E-state index contributed by atoms with van der Waals surface area (Å²) in [6.07, 6.45) is -0.490. The third kappa shape index (κ3) is 7.48. The smallest absolute Gasteiger partial charge is 0.338 e. The van der Waals surface area contributed by atoms with E-state index in [0.717, 1.165) is 17.4 Å². The molecule has 2 atom stereocenters. The van der Waals surface area contributed by atoms with Crippen LogP contribution in [-0.4, -0.2) is 31.1 Å². The fraction of sp³-hybridized carbons (Fsp3) is 0.231. The molecule has 0 amide bonds. The van der Waals surface area contributed by atoms with Crippen molar-refractivity contribution in [1.29, 1.82) is 0 Å². The third-order valence-electron chi connectivity index (χ3n) is 4.71. The first-order valence-corrected chi connectivity index (χ1v) is 10.2. The molecule has 0 unspecified atom stereocenters. The van der Waals surface area contributed by atoms with Gasteiger partial charge in [-0.25, -0.2) is 4.79 Å². The van der Waals surface area contributed by atoms with Crippen LogP contribution in [-0.2, 0) is 32.2 Å². The van der Waals surface area contributed by atoms with Crippen LogP contribution in [0.5, 0.6) is 0 Å². The average molecular weight is 418 g/mol. The molecule has 0 fully saturated rings. The molecular formula is C26H26O5. The van der Waals surface area contributed by atoms with Crippen LogP contribution in [0.25, 0.3) is 0 Å². The Kier molecular flexibility index (Phi) is 8.98. The summed E-state index contributed by atoms with van der Waals surface area (Å²) in [6, 6.07) is 28.1. The molecule has 0 N–H and O–H groups in total. The summed E-state index contributed by atoms with van der Waals surface area (Å²) in [5.41, 5.74) is 2.41. The van der Waals surface area contributed by atoms with Crippen molar-refractivity contribution in [1.82, 2.24) is 0 Å². The minimum atomic E-state index is -0.731. The number of carbonyl (C=O) groups is 2. The SMILES string of the molecule is O=CC[C@H](OCc1ccccc1)[C@H](COCc1ccccc1)OC(=O)c1ccccc1. The highest BCUT2D eigenvalue weighted by atomic mass is 16.6. The summed E-state index contributed by atoms with van der Waals surface area (Å²) in [7, 11) is 0. The van der Waals surface area contributed by atoms with E-state index >= 15 is 0 Å². The van der Waals surface area contributed by atoms with E-state index in [9.17, 15) is 9.59 Å². The van der Waals surface area contributed by atoms with Crippen molar-refractivity contribution in [3.63, 3.8) is 0 Å². The van der Waals surface area contributed by atoms with Gasteiger partial charge in [-0.2, -0.15) is 0 Å². The summed E-state index contributed by atoms with van der Waals surface area (Å²) < 4.78 is 17.5. The number of benzene rings is 3. The lowest BCUT2D eigenvalue weighted by Gasteiger charge is -2.26. The molecule has 0 aliphatic carbocycles. The molecule has 0 aliphatic heterocycles. The molecule has 0 heterocycles. The maximum atomic E-state index is 12.6. The molecule has 0 aromatic heterocycles. The molecule has 5 heteroatoms. The zero-order chi connectivity index (χ0) is 21.7. The van der Waals surface area contributed by atoms with Gasteiger partial charge in [-0.3, -0.25) is 0 Å². The Bertz CT molecular complexity index is 912. The van der Waals surface area contributed by atoms with Gasteiger partial charge in [0.1, 0.15) is 12.4 Å². The molecule has 3 aromatic carbocycles. The lowest BCUT2D eigenvalue weighted by Crippen LogP contribution is -2.37. The first-order chi connectivity index (χ1) is 15.3. The highest BCUT2D eigenvalue weighted by molar-refractivity contribution is 5.89. The van der Waals surface area contributed by atoms with Crippen molar-refractivity contribution in [2.45, 2.75) is 31.8 Å². The molecule has 160 valence electrons. The van der Waals surface area contributed by atoms with Gasteiger partial charge in [-0.05, 0) is 23.3 Å². The second kappa shape index (κ2) is 12.4. The van der Waals surface area contributed by atoms with Crippen molar-refractivity contribution in [3.8, 4) is 0 Å². The van der Waals surface area contributed by atoms with Crippen molar-refractivity contribution in [2.75, 3.05) is 6.61 Å². The minimum Gasteiger partial charge on any atom is -0.454 e. The van der Waals surface area contributed by atoms with Gasteiger partial charge in [-0.1, -0.05) is 78.9 Å². The van der Waals surface area contributed by atoms with Crippen molar-refractivity contribution >= 4 is 12.3 Å². The topological polar surface area (TPSA) is 61.8 Å². The second-order valence-electron chi connectivity index (χ2n) is 7.05. The summed E-state index contributed by atoms with van der Waals surface area (Å²) >= 11 is 0. The molecule has 0 radical (unpaired) electrons. The van der Waals surface area contributed by atoms with Crippen LogP contribution in [0.4, 0.5) is 0 Å². The van der Waals surface area contributed by atoms with Gasteiger partial charge in [0.25, 0.3) is 0 Å². The van der Waals surface area contributed by atoms with E-state index < -0.39 is 18.2 Å². The first-order valence-electron chi connectivity index (χ1n) is 10.2. The number of rotatable bonds is 12. The molecule has 3 rings (SSSR count). The normalized spacial score (nSPS) is 12.6. The molecule has 3 aromatic rings. The number of hydrogen-bond acceptors (Lipinski definition) is 5. The van der Waals surface area contributed by atoms with Gasteiger partial charge in [0.15, 0.2) is 6.10 Å². The maximum absolute atomic E-state index is 12.6. The number of ether oxygens (including phenoxy) is 3. The molecule has 0 saturated carbocycles. The summed E-state index contributed by atoms with van der Waals surface area (Å²) in [5, 5.41) is 0. The van der Waals surface area contributed by atoms with Crippen molar-refractivity contribution < 1.29 is 23.8 Å². The van der Waals surface area contributed by atoms with Crippen molar-refractivity contribution in [2.24, 2.45) is 0 Å². The minimum absolute atomic E-state index is 0.0915. The Morgan fingerprint density at radius 2 is 1.29 bits per heavy atom. The fourth-order valence-corrected chi connectivity index (χ4v) is 3.06. The molecule has 0 spiro atoms. The Balaban J connectivity index is 1.68. The van der Waals surface area contributed by atoms with E-state index in [1.54, 1.807) is 24.3 Å². The molecule has 31 heavy (non-hydrogen) atoms. The van der Waals surface area contributed by atoms with Gasteiger partial charge in [0, 0.05) is 6.42 Å². The zero-order valence-corrected chi connectivity index (χ0v) is 17.3. The predicted octanol–water partition coefficient (Wildman–Crippen LogP) is 4.60. The quantitative estimate of drug-likeness (QED) is 0.318. The molecule has 5 nitrogen and oxygen atoms in total. The summed E-state index contributed by atoms with van der Waals surface area (Å²) in [4.78, 5) is 24.0. The maximum Gasteiger partial charge on any atom is 0.338 e. The van der Waals surface area contributed by atoms with Crippen LogP contribution in [0.2, 0.25) is 0 Å². The van der Waals surface area contributed by atoms with E-state index in [2.05, 4.69) is 0 Å². The van der Waals surface area contributed by atoms with Crippen LogP contribution in [0.3, 0.4) is 0 Å². The van der Waals surface area contributed by atoms with Crippen molar-refractivity contribution in [3.05, 3.63) is 108 Å². The van der Waals surface area contributed by atoms with Gasteiger partial charge in [-0.15, -0.1) is 0 Å². The van der Waals surface area contributed by atoms with Gasteiger partial charge < -0.3 is 19.0 Å². The number of hydrogen-bond donors (Lipinski definition) is 0. The van der Waals surface area contributed by atoms with Crippen LogP contribution in [0.1, 0.15) is 27.9 Å². The second-order valence-corrected chi connectivity index (χ2v) is 7.05. The van der Waals surface area contributed by atoms with Gasteiger partial charge in [0.2, 0.25) is 0 Å². The van der Waals surface area contributed by atoms with E-state index in [1.165, 1.54) is 0 Å². The first kappa shape index (κ1) is 22.4. The van der Waals surface area contributed by atoms with E-state index in [-0.39, 0.29) is 13.0 Å². The molecule has 0 bridgehead atoms. The van der Waals surface area contributed by atoms with Crippen LogP contribution < -0.4 is 0 Å². The lowest BCUT2D eigenvalue weighted by molar-refractivity contribution is -0.119. The Hall–Kier alpha value is -3.28. The van der Waals surface area contributed by atoms with Crippen LogP contribution in [0, 0.1) is 0 Å². The van der Waals surface area contributed by atoms with E-state index in [4.69, 9.17) is 14.2 Å². The predicted molar refractivity (Wildman–Crippen MR) is 117 cm³/mol. The van der Waals surface area contributed by atoms with Gasteiger partial charge >= 0.3 is 5.97 Å². The Morgan fingerprint density at radius 3 is 1.87 bits per heavy atom. The fourth-order valence-electron chi connectivity index (χ4n) is 3.06. The average Bonchev–Trinajstić information content (AvgIpc) is 2.83. The van der Waals surface area contributed by atoms with Gasteiger partial charge in [0.05, 0.1) is 25.4 Å². The summed E-state index contributed by atoms with van der Waals surface area (Å²) in [5.74, 6) is -0.479. The number of carbonyl (C=O) groups excluding carboxylic acids is 2. The Labute approximate surface area is 182 Å². The van der Waals surface area contributed by atoms with Crippen LogP contribution >= 0.6 is 0 Å². The molecule has 0 saturated heterocycles. The lowest BCUT2D eigenvalue weighted by atomic mass is 10.1. The standard InChI is InChI=1S/C26H26O5/c27-17-16-24(30-19-22-12-6-2-7-13-22)25(20-29-18-21-10-4-1-5-11-21)31-26(28)23-14-8-3-9-15-23/h1-15,17,24-25H,16,18-20H2/t24-,25-/m0/s1. The largest absolute Gasteiger partial charge is 0.454 e. The number of esters is 1. The zero-order valence-electron chi connectivity index (χ0n) is 17.3. The van der Waals surface area contributed by atoms with Crippen LogP contribution in [0.15, 0.2) is 91.0 Å². The molecule has 0 aliphatic rings. The number of aldehydes is 1. The van der Waals surface area contributed by atoms with E-state index in [1.807, 2.05) is 66.7 Å². The summed E-state index contributed by atoms with van der Waals surface area (Å²) in [6.45, 7) is 0.783. The third-order valence-corrected chi connectivity index (χ3v) is 4.71.